The summed E-state index contributed by atoms with van der Waals surface area (Å²) in [6.45, 7) is 0.929. The Morgan fingerprint density at radius 1 is 0.730 bits per heavy atom. The first kappa shape index (κ1) is 32.4. The summed E-state index contributed by atoms with van der Waals surface area (Å²) >= 11 is 0. The van der Waals surface area contributed by atoms with Crippen LogP contribution in [0.4, 0.5) is 80.5 Å². The van der Waals surface area contributed by atoms with Gasteiger partial charge in [0.1, 0.15) is 5.82 Å². The number of ether oxygens (including phenoxy) is 2. The summed E-state index contributed by atoms with van der Waals surface area (Å²) in [5.74, 6) is -27.4. The van der Waals surface area contributed by atoms with E-state index in [9.17, 15) is 79.4 Å². The van der Waals surface area contributed by atoms with Gasteiger partial charge in [0.05, 0.1) is 0 Å². The van der Waals surface area contributed by atoms with Crippen LogP contribution in [-0.2, 0) is 14.3 Å². The summed E-state index contributed by atoms with van der Waals surface area (Å²) in [5.41, 5.74) is -0.361. The van der Waals surface area contributed by atoms with Crippen LogP contribution in [-0.4, -0.2) is 59.3 Å². The molecule has 1 aromatic rings. The van der Waals surface area contributed by atoms with Gasteiger partial charge in [-0.15, -0.1) is 0 Å². The highest BCUT2D eigenvalue weighted by Crippen LogP contribution is 2.56. The number of rotatable bonds is 8. The van der Waals surface area contributed by atoms with Crippen molar-refractivity contribution in [3.63, 3.8) is 0 Å². The third-order valence-electron chi connectivity index (χ3n) is 3.90. The smallest absolute Gasteiger partial charge is 0.305 e. The molecule has 22 heteroatoms. The highest BCUT2D eigenvalue weighted by molar-refractivity contribution is 5.96. The molecule has 0 fully saturated rings. The lowest BCUT2D eigenvalue weighted by Gasteiger charge is -2.40. The van der Waals surface area contributed by atoms with Crippen molar-refractivity contribution in [1.82, 2.24) is 4.98 Å². The molecule has 1 rings (SSSR count). The minimum Gasteiger partial charge on any atom is -0.305 e. The number of halogens is 17. The monoisotopic (exact) mass is 586 g/mol. The van der Waals surface area contributed by atoms with E-state index < -0.39 is 60.1 Å². The van der Waals surface area contributed by atoms with Crippen LogP contribution >= 0.6 is 0 Å². The van der Waals surface area contributed by atoms with Crippen LogP contribution in [0.3, 0.4) is 0 Å². The van der Waals surface area contributed by atoms with Crippen molar-refractivity contribution in [2.24, 2.45) is 0 Å². The second kappa shape index (κ2) is 9.27. The van der Waals surface area contributed by atoms with Crippen LogP contribution < -0.4 is 5.32 Å². The first-order chi connectivity index (χ1) is 16.1. The maximum atomic E-state index is 14.4. The highest BCUT2D eigenvalue weighted by atomic mass is 19.4. The molecular weight excluding hydrogens is 579 g/mol. The van der Waals surface area contributed by atoms with Crippen LogP contribution in [0.15, 0.2) is 18.3 Å². The molecule has 5 nitrogen and oxygen atoms in total. The number of anilines is 1. The van der Waals surface area contributed by atoms with Crippen molar-refractivity contribution in [3.05, 3.63) is 23.9 Å². The first-order valence-electron chi connectivity index (χ1n) is 8.42. The predicted octanol–water partition coefficient (Wildman–Crippen LogP) is 6.20. The Labute approximate surface area is 191 Å². The Hall–Kier alpha value is -2.65. The number of amides is 1. The molecule has 0 aromatic carbocycles. The average molecular weight is 586 g/mol. The molecule has 1 N–H and O–H groups in total. The van der Waals surface area contributed by atoms with Crippen molar-refractivity contribution in [2.75, 3.05) is 5.32 Å². The molecule has 1 amide bonds. The molecule has 0 unspecified atom stereocenters. The van der Waals surface area contributed by atoms with Gasteiger partial charge in [0.2, 0.25) is 0 Å². The second-order valence-electron chi connectivity index (χ2n) is 6.62. The molecule has 0 aliphatic heterocycles. The summed E-state index contributed by atoms with van der Waals surface area (Å²) in [4.78, 5) is 14.8. The number of nitrogens with one attached hydrogen (secondary N) is 1. The van der Waals surface area contributed by atoms with E-state index in [2.05, 4.69) is 4.98 Å². The van der Waals surface area contributed by atoms with Gasteiger partial charge < -0.3 is 5.32 Å². The van der Waals surface area contributed by atoms with Gasteiger partial charge in [0, 0.05) is 6.20 Å². The van der Waals surface area contributed by atoms with Crippen molar-refractivity contribution >= 4 is 11.7 Å². The van der Waals surface area contributed by atoms with Crippen molar-refractivity contribution in [3.8, 4) is 0 Å². The fourth-order valence-corrected chi connectivity index (χ4v) is 1.97. The minimum atomic E-state index is -8.07. The van der Waals surface area contributed by atoms with Gasteiger partial charge in [-0.2, -0.15) is 74.6 Å². The zero-order valence-corrected chi connectivity index (χ0v) is 16.8. The SMILES string of the molecule is Cc1cccnc1NC(=O)[C@@](F)(OC(F)(F)[C@](F)(OC(F)(F)C(F)(F)C(F)(F)F)C(F)(F)F)C(F)(F)F. The highest BCUT2D eigenvalue weighted by Gasteiger charge is 2.85. The summed E-state index contributed by atoms with van der Waals surface area (Å²) in [5, 5.41) is 0.798. The van der Waals surface area contributed by atoms with Gasteiger partial charge >= 0.3 is 54.3 Å². The summed E-state index contributed by atoms with van der Waals surface area (Å²) in [6.07, 6.45) is -38.0. The van der Waals surface area contributed by atoms with E-state index in [1.165, 1.54) is 4.74 Å². The van der Waals surface area contributed by atoms with E-state index >= 15 is 0 Å². The number of hydrogen-bond donors (Lipinski definition) is 1. The van der Waals surface area contributed by atoms with Crippen LogP contribution in [0.5, 0.6) is 0 Å². The molecule has 0 aliphatic carbocycles. The Morgan fingerprint density at radius 3 is 1.59 bits per heavy atom. The molecule has 0 bridgehead atoms. The zero-order chi connectivity index (χ0) is 29.7. The van der Waals surface area contributed by atoms with Crippen molar-refractivity contribution in [2.45, 2.75) is 55.3 Å². The van der Waals surface area contributed by atoms with Gasteiger partial charge in [0.15, 0.2) is 0 Å². The number of aryl methyl sites for hydroxylation is 1. The molecule has 1 heterocycles. The van der Waals surface area contributed by atoms with E-state index in [-0.39, 0.29) is 5.56 Å². The Kier molecular flexibility index (Phi) is 8.11. The lowest BCUT2D eigenvalue weighted by atomic mass is 10.2. The van der Waals surface area contributed by atoms with E-state index in [4.69, 9.17) is 0 Å². The maximum absolute atomic E-state index is 14.4. The quantitative estimate of drug-likeness (QED) is 0.369. The number of alkyl halides is 17. The number of carbonyl (C=O) groups is 1. The normalized spacial score (nSPS) is 17.7. The largest absolute Gasteiger partial charge is 0.462 e. The van der Waals surface area contributed by atoms with Crippen molar-refractivity contribution in [1.29, 1.82) is 0 Å². The Morgan fingerprint density at radius 2 is 1.22 bits per heavy atom. The predicted molar refractivity (Wildman–Crippen MR) is 80.5 cm³/mol. The third-order valence-corrected chi connectivity index (χ3v) is 3.90. The standard InChI is InChI=1S/C15H7F17N2O3/c1-5-3-2-4-33-6(5)34-7(35)8(16,11(20,21)22)36-15(31,32)10(19,13(26,27)28)37-14(29,30)9(17,18)12(23,24)25/h2-4H,1H3,(H,33,34,35)/t8-,10-/m1/s1. The molecule has 0 radical (unpaired) electrons. The van der Waals surface area contributed by atoms with Gasteiger partial charge in [-0.05, 0) is 18.6 Å². The third kappa shape index (κ3) is 5.77. The zero-order valence-electron chi connectivity index (χ0n) is 16.8. The molecule has 2 atom stereocenters. The molecule has 0 saturated heterocycles. The number of aromatic nitrogens is 1. The number of pyridine rings is 1. The van der Waals surface area contributed by atoms with Gasteiger partial charge in [-0.3, -0.25) is 14.3 Å². The van der Waals surface area contributed by atoms with Crippen LogP contribution in [0.1, 0.15) is 5.56 Å². The lowest BCUT2D eigenvalue weighted by molar-refractivity contribution is -0.548. The summed E-state index contributed by atoms with van der Waals surface area (Å²) < 4.78 is 226. The number of hydrogen-bond acceptors (Lipinski definition) is 4. The minimum absolute atomic E-state index is 0.361. The lowest BCUT2D eigenvalue weighted by Crippen LogP contribution is -2.68. The molecule has 1 aromatic heterocycles. The fraction of sp³-hybridized carbons (Fsp3) is 0.600. The first-order valence-corrected chi connectivity index (χ1v) is 8.42. The van der Waals surface area contributed by atoms with Crippen LogP contribution in [0, 0.1) is 6.92 Å². The van der Waals surface area contributed by atoms with E-state index in [0.29, 0.717) is 6.20 Å². The Bertz CT molecular complexity index is 989. The molecule has 0 saturated carbocycles. The van der Waals surface area contributed by atoms with E-state index in [0.717, 1.165) is 24.4 Å². The van der Waals surface area contributed by atoms with Crippen LogP contribution in [0.25, 0.3) is 0 Å². The summed E-state index contributed by atoms with van der Waals surface area (Å²) in [7, 11) is 0. The molecule has 214 valence electrons. The van der Waals surface area contributed by atoms with E-state index in [1.807, 2.05) is 4.74 Å². The van der Waals surface area contributed by atoms with Gasteiger partial charge in [-0.1, -0.05) is 6.07 Å². The average Bonchev–Trinajstić information content (AvgIpc) is 2.66. The number of nitrogens with zero attached hydrogens (tertiary/aromatic N) is 1. The fourth-order valence-electron chi connectivity index (χ4n) is 1.97. The topological polar surface area (TPSA) is 60.5 Å². The molecule has 37 heavy (non-hydrogen) atoms. The van der Waals surface area contributed by atoms with Crippen molar-refractivity contribution < 1.29 is 88.9 Å². The molecule has 0 aliphatic rings. The summed E-state index contributed by atoms with van der Waals surface area (Å²) in [6, 6.07) is 1.97. The number of carbonyl (C=O) groups excluding carboxylic acids is 1. The molecule has 0 spiro atoms. The van der Waals surface area contributed by atoms with Crippen LogP contribution in [0.2, 0.25) is 0 Å². The van der Waals surface area contributed by atoms with Gasteiger partial charge in [-0.25, -0.2) is 4.98 Å². The second-order valence-corrected chi connectivity index (χ2v) is 6.62. The van der Waals surface area contributed by atoms with Gasteiger partial charge in [0.25, 0.3) is 0 Å². The Balaban J connectivity index is 3.64. The molecular formula is C15H7F17N2O3. The van der Waals surface area contributed by atoms with E-state index in [1.54, 1.807) is 0 Å². The maximum Gasteiger partial charge on any atom is 0.462 e.